The van der Waals surface area contributed by atoms with Gasteiger partial charge in [0.05, 0.1) is 30.2 Å². The number of rotatable bonds is 4. The molecule has 1 saturated carbocycles. The summed E-state index contributed by atoms with van der Waals surface area (Å²) in [6.45, 7) is 7.90. The molecule has 116 valence electrons. The highest BCUT2D eigenvalue weighted by molar-refractivity contribution is 5.89. The summed E-state index contributed by atoms with van der Waals surface area (Å²) < 4.78 is 0. The fourth-order valence-electron chi connectivity index (χ4n) is 2.19. The number of carbonyl (C=O) groups is 1. The van der Waals surface area contributed by atoms with E-state index in [0.29, 0.717) is 11.6 Å². The van der Waals surface area contributed by atoms with Crippen LogP contribution in [0.4, 0.5) is 10.5 Å². The van der Waals surface area contributed by atoms with E-state index < -0.39 is 5.54 Å². The molecule has 6 heteroatoms. The van der Waals surface area contributed by atoms with Crippen molar-refractivity contribution in [2.75, 3.05) is 11.9 Å². The van der Waals surface area contributed by atoms with Crippen LogP contribution in [-0.2, 0) is 5.41 Å². The third-order valence-electron chi connectivity index (χ3n) is 3.79. The molecule has 0 spiro atoms. The van der Waals surface area contributed by atoms with Crippen molar-refractivity contribution in [1.29, 1.82) is 0 Å². The number of nitrogens with one attached hydrogen (secondary N) is 2. The molecule has 0 aromatic carbocycles. The maximum absolute atomic E-state index is 12.0. The SMILES string of the molecule is CC(C)(C)c1ncc(NC(=O)N[C@](C)(CO)C2CC2)cn1. The molecule has 1 aliphatic rings. The Morgan fingerprint density at radius 2 is 1.86 bits per heavy atom. The van der Waals surface area contributed by atoms with Gasteiger partial charge >= 0.3 is 6.03 Å². The van der Waals surface area contributed by atoms with E-state index in [-0.39, 0.29) is 18.1 Å². The summed E-state index contributed by atoms with van der Waals surface area (Å²) in [4.78, 5) is 20.5. The molecule has 3 N–H and O–H groups in total. The second-order valence-electron chi connectivity index (χ2n) is 6.97. The van der Waals surface area contributed by atoms with Crippen molar-refractivity contribution in [3.8, 4) is 0 Å². The second kappa shape index (κ2) is 5.60. The van der Waals surface area contributed by atoms with E-state index in [2.05, 4.69) is 20.6 Å². The number of aromatic nitrogens is 2. The van der Waals surface area contributed by atoms with Crippen molar-refractivity contribution in [2.45, 2.75) is 51.5 Å². The van der Waals surface area contributed by atoms with E-state index >= 15 is 0 Å². The molecule has 0 aliphatic heterocycles. The number of urea groups is 1. The number of aliphatic hydroxyl groups is 1. The first-order valence-electron chi connectivity index (χ1n) is 7.27. The molecular weight excluding hydrogens is 268 g/mol. The van der Waals surface area contributed by atoms with E-state index in [1.165, 1.54) is 0 Å². The van der Waals surface area contributed by atoms with E-state index in [0.717, 1.165) is 18.7 Å². The highest BCUT2D eigenvalue weighted by Crippen LogP contribution is 2.39. The quantitative estimate of drug-likeness (QED) is 0.792. The molecule has 0 unspecified atom stereocenters. The van der Waals surface area contributed by atoms with Gasteiger partial charge in [0.1, 0.15) is 5.82 Å². The van der Waals surface area contributed by atoms with Crippen LogP contribution in [0.25, 0.3) is 0 Å². The van der Waals surface area contributed by atoms with Gasteiger partial charge < -0.3 is 15.7 Å². The fraction of sp³-hybridized carbons (Fsp3) is 0.667. The summed E-state index contributed by atoms with van der Waals surface area (Å²) in [5, 5.41) is 15.0. The number of hydrogen-bond donors (Lipinski definition) is 3. The van der Waals surface area contributed by atoms with Gasteiger partial charge in [-0.15, -0.1) is 0 Å². The van der Waals surface area contributed by atoms with E-state index in [9.17, 15) is 9.90 Å². The maximum Gasteiger partial charge on any atom is 0.319 e. The summed E-state index contributed by atoms with van der Waals surface area (Å²) in [5.74, 6) is 1.08. The zero-order valence-corrected chi connectivity index (χ0v) is 13.1. The highest BCUT2D eigenvalue weighted by atomic mass is 16.3. The Hall–Kier alpha value is -1.69. The lowest BCUT2D eigenvalue weighted by molar-refractivity contribution is 0.159. The third-order valence-corrected chi connectivity index (χ3v) is 3.79. The van der Waals surface area contributed by atoms with Gasteiger partial charge in [0.2, 0.25) is 0 Å². The summed E-state index contributed by atoms with van der Waals surface area (Å²) >= 11 is 0. The maximum atomic E-state index is 12.0. The molecule has 21 heavy (non-hydrogen) atoms. The molecular formula is C15H24N4O2. The summed E-state index contributed by atoms with van der Waals surface area (Å²) in [5.41, 5.74) is -0.144. The van der Waals surface area contributed by atoms with Crippen molar-refractivity contribution in [3.63, 3.8) is 0 Å². The van der Waals surface area contributed by atoms with Crippen LogP contribution in [0, 0.1) is 5.92 Å². The molecule has 1 fully saturated rings. The van der Waals surface area contributed by atoms with Crippen LogP contribution in [0.15, 0.2) is 12.4 Å². The van der Waals surface area contributed by atoms with Crippen molar-refractivity contribution >= 4 is 11.7 Å². The molecule has 2 amide bonds. The first kappa shape index (κ1) is 15.7. The van der Waals surface area contributed by atoms with Crippen molar-refractivity contribution in [1.82, 2.24) is 15.3 Å². The zero-order valence-electron chi connectivity index (χ0n) is 13.1. The average molecular weight is 292 g/mol. The van der Waals surface area contributed by atoms with E-state index in [1.807, 2.05) is 27.7 Å². The standard InChI is InChI=1S/C15H24N4O2/c1-14(2,3)12-16-7-11(8-17-12)18-13(21)19-15(4,9-20)10-5-6-10/h7-8,10,20H,5-6,9H2,1-4H3,(H2,18,19,21)/t15-/m1/s1. The van der Waals surface area contributed by atoms with Crippen LogP contribution in [0.3, 0.4) is 0 Å². The molecule has 2 rings (SSSR count). The Bertz CT molecular complexity index is 505. The Balaban J connectivity index is 1.96. The fourth-order valence-corrected chi connectivity index (χ4v) is 2.19. The number of carbonyl (C=O) groups excluding carboxylic acids is 1. The zero-order chi connectivity index (χ0) is 15.7. The number of amides is 2. The smallest absolute Gasteiger partial charge is 0.319 e. The molecule has 1 heterocycles. The van der Waals surface area contributed by atoms with Crippen LogP contribution >= 0.6 is 0 Å². The lowest BCUT2D eigenvalue weighted by Gasteiger charge is -2.28. The summed E-state index contributed by atoms with van der Waals surface area (Å²) in [6, 6.07) is -0.342. The Morgan fingerprint density at radius 3 is 2.29 bits per heavy atom. The predicted molar refractivity (Wildman–Crippen MR) is 81.1 cm³/mol. The number of anilines is 1. The lowest BCUT2D eigenvalue weighted by atomic mass is 9.96. The lowest BCUT2D eigenvalue weighted by Crippen LogP contribution is -2.52. The predicted octanol–water partition coefficient (Wildman–Crippen LogP) is 2.06. The molecule has 1 aromatic heterocycles. The average Bonchev–Trinajstić information content (AvgIpc) is 3.22. The van der Waals surface area contributed by atoms with Gasteiger partial charge in [0.15, 0.2) is 0 Å². The molecule has 1 aliphatic carbocycles. The van der Waals surface area contributed by atoms with E-state index in [4.69, 9.17) is 0 Å². The molecule has 6 nitrogen and oxygen atoms in total. The molecule has 1 aromatic rings. The summed E-state index contributed by atoms with van der Waals surface area (Å²) in [7, 11) is 0. The minimum Gasteiger partial charge on any atom is -0.394 e. The second-order valence-corrected chi connectivity index (χ2v) is 6.97. The minimum atomic E-state index is -0.559. The van der Waals surface area contributed by atoms with Gasteiger partial charge in [-0.05, 0) is 25.7 Å². The molecule has 0 saturated heterocycles. The van der Waals surface area contributed by atoms with Crippen LogP contribution < -0.4 is 10.6 Å². The number of hydrogen-bond acceptors (Lipinski definition) is 4. The Labute approximate surface area is 125 Å². The Morgan fingerprint density at radius 1 is 1.29 bits per heavy atom. The first-order chi connectivity index (χ1) is 9.74. The normalized spacial score (nSPS) is 18.0. The van der Waals surface area contributed by atoms with Gasteiger partial charge in [0.25, 0.3) is 0 Å². The van der Waals surface area contributed by atoms with Gasteiger partial charge in [0, 0.05) is 5.41 Å². The monoisotopic (exact) mass is 292 g/mol. The van der Waals surface area contributed by atoms with Gasteiger partial charge in [-0.25, -0.2) is 14.8 Å². The van der Waals surface area contributed by atoms with Crippen molar-refractivity contribution < 1.29 is 9.90 Å². The number of nitrogens with zero attached hydrogens (tertiary/aromatic N) is 2. The Kier molecular flexibility index (Phi) is 4.18. The van der Waals surface area contributed by atoms with Crippen LogP contribution in [0.2, 0.25) is 0 Å². The van der Waals surface area contributed by atoms with Crippen LogP contribution in [0.5, 0.6) is 0 Å². The molecule has 0 bridgehead atoms. The van der Waals surface area contributed by atoms with Crippen molar-refractivity contribution in [3.05, 3.63) is 18.2 Å². The van der Waals surface area contributed by atoms with Gasteiger partial charge in [-0.2, -0.15) is 0 Å². The molecule has 1 atom stereocenters. The number of aliphatic hydroxyl groups excluding tert-OH is 1. The van der Waals surface area contributed by atoms with Crippen molar-refractivity contribution in [2.24, 2.45) is 5.92 Å². The topological polar surface area (TPSA) is 87.1 Å². The highest BCUT2D eigenvalue weighted by Gasteiger charge is 2.42. The first-order valence-corrected chi connectivity index (χ1v) is 7.27. The third kappa shape index (κ3) is 3.91. The van der Waals surface area contributed by atoms with Crippen LogP contribution in [0.1, 0.15) is 46.4 Å². The largest absolute Gasteiger partial charge is 0.394 e. The van der Waals surface area contributed by atoms with E-state index in [1.54, 1.807) is 12.4 Å². The summed E-state index contributed by atoms with van der Waals surface area (Å²) in [6.07, 6.45) is 5.28. The van der Waals surface area contributed by atoms with Gasteiger partial charge in [-0.3, -0.25) is 0 Å². The minimum absolute atomic E-state index is 0.0649. The molecule has 0 radical (unpaired) electrons. The van der Waals surface area contributed by atoms with Gasteiger partial charge in [-0.1, -0.05) is 20.8 Å². The van der Waals surface area contributed by atoms with Crippen LogP contribution in [-0.4, -0.2) is 33.3 Å².